The Bertz CT molecular complexity index is 377. The molecule has 0 aromatic carbocycles. The third kappa shape index (κ3) is 4.85. The molecule has 0 amide bonds. The van der Waals surface area contributed by atoms with E-state index in [9.17, 15) is 9.90 Å². The van der Waals surface area contributed by atoms with Gasteiger partial charge in [0.25, 0.3) is 0 Å². The minimum atomic E-state index is -0.196. The van der Waals surface area contributed by atoms with E-state index in [0.29, 0.717) is 17.7 Å². The SMILES string of the molecule is CCCCCC(=O)OCc1cnc(C)c(O)c1. The molecule has 1 aromatic rings. The Hall–Kier alpha value is -1.58. The number of unbranched alkanes of at least 4 members (excludes halogenated alkanes) is 2. The second-order valence-corrected chi connectivity index (χ2v) is 4.07. The van der Waals surface area contributed by atoms with Gasteiger partial charge in [0.15, 0.2) is 0 Å². The van der Waals surface area contributed by atoms with Crippen LogP contribution in [-0.2, 0) is 16.1 Å². The Kier molecular flexibility index (Phi) is 5.46. The van der Waals surface area contributed by atoms with Crippen LogP contribution in [0.3, 0.4) is 0 Å². The van der Waals surface area contributed by atoms with Crippen LogP contribution in [0.15, 0.2) is 12.3 Å². The molecule has 94 valence electrons. The van der Waals surface area contributed by atoms with Crippen molar-refractivity contribution in [3.8, 4) is 5.75 Å². The van der Waals surface area contributed by atoms with Gasteiger partial charge in [0, 0.05) is 18.2 Å². The Morgan fingerprint density at radius 2 is 2.24 bits per heavy atom. The van der Waals surface area contributed by atoms with E-state index in [1.54, 1.807) is 19.2 Å². The summed E-state index contributed by atoms with van der Waals surface area (Å²) < 4.78 is 5.08. The van der Waals surface area contributed by atoms with Gasteiger partial charge in [0.2, 0.25) is 0 Å². The first kappa shape index (κ1) is 13.5. The van der Waals surface area contributed by atoms with E-state index in [0.717, 1.165) is 19.3 Å². The highest BCUT2D eigenvalue weighted by atomic mass is 16.5. The van der Waals surface area contributed by atoms with Crippen LogP contribution in [-0.4, -0.2) is 16.1 Å². The molecule has 1 aromatic heterocycles. The van der Waals surface area contributed by atoms with Crippen LogP contribution in [0.25, 0.3) is 0 Å². The fraction of sp³-hybridized carbons (Fsp3) is 0.538. The van der Waals surface area contributed by atoms with Crippen molar-refractivity contribution in [2.24, 2.45) is 0 Å². The number of carbonyl (C=O) groups excluding carboxylic acids is 1. The van der Waals surface area contributed by atoms with E-state index in [1.807, 2.05) is 0 Å². The highest BCUT2D eigenvalue weighted by Crippen LogP contribution is 2.15. The number of carbonyl (C=O) groups is 1. The monoisotopic (exact) mass is 237 g/mol. The summed E-state index contributed by atoms with van der Waals surface area (Å²) in [7, 11) is 0. The fourth-order valence-corrected chi connectivity index (χ4v) is 1.40. The van der Waals surface area contributed by atoms with Gasteiger partial charge >= 0.3 is 5.97 Å². The molecule has 0 radical (unpaired) electrons. The van der Waals surface area contributed by atoms with Crippen molar-refractivity contribution in [1.29, 1.82) is 0 Å². The van der Waals surface area contributed by atoms with Crippen LogP contribution in [0.5, 0.6) is 5.75 Å². The zero-order valence-corrected chi connectivity index (χ0v) is 10.4. The summed E-state index contributed by atoms with van der Waals surface area (Å²) in [6.07, 6.45) is 5.06. The molecule has 0 aliphatic heterocycles. The van der Waals surface area contributed by atoms with Gasteiger partial charge in [-0.25, -0.2) is 0 Å². The van der Waals surface area contributed by atoms with Gasteiger partial charge in [0.05, 0.1) is 5.69 Å². The van der Waals surface area contributed by atoms with Gasteiger partial charge in [-0.15, -0.1) is 0 Å². The molecule has 0 bridgehead atoms. The molecule has 1 heterocycles. The summed E-state index contributed by atoms with van der Waals surface area (Å²) in [5.74, 6) is -0.0666. The molecule has 4 nitrogen and oxygen atoms in total. The number of nitrogens with zero attached hydrogens (tertiary/aromatic N) is 1. The lowest BCUT2D eigenvalue weighted by Crippen LogP contribution is -2.04. The van der Waals surface area contributed by atoms with E-state index in [4.69, 9.17) is 4.74 Å². The van der Waals surface area contributed by atoms with Gasteiger partial charge < -0.3 is 9.84 Å². The van der Waals surface area contributed by atoms with Gasteiger partial charge in [-0.05, 0) is 19.4 Å². The quantitative estimate of drug-likeness (QED) is 0.610. The van der Waals surface area contributed by atoms with Crippen molar-refractivity contribution >= 4 is 5.97 Å². The molecule has 0 aliphatic rings. The Morgan fingerprint density at radius 3 is 2.88 bits per heavy atom. The van der Waals surface area contributed by atoms with Crippen LogP contribution in [0.2, 0.25) is 0 Å². The average Bonchev–Trinajstić information content (AvgIpc) is 2.31. The summed E-state index contributed by atoms with van der Waals surface area (Å²) in [4.78, 5) is 15.3. The maximum Gasteiger partial charge on any atom is 0.306 e. The number of ether oxygens (including phenoxy) is 1. The van der Waals surface area contributed by atoms with E-state index in [-0.39, 0.29) is 18.3 Å². The molecule has 1 rings (SSSR count). The summed E-state index contributed by atoms with van der Waals surface area (Å²) in [5.41, 5.74) is 1.28. The van der Waals surface area contributed by atoms with Crippen LogP contribution in [0, 0.1) is 6.92 Å². The first-order valence-corrected chi connectivity index (χ1v) is 5.93. The number of aryl methyl sites for hydroxylation is 1. The highest BCUT2D eigenvalue weighted by Gasteiger charge is 2.05. The minimum absolute atomic E-state index is 0.129. The highest BCUT2D eigenvalue weighted by molar-refractivity contribution is 5.69. The second kappa shape index (κ2) is 6.89. The molecule has 0 saturated heterocycles. The number of rotatable bonds is 6. The maximum absolute atomic E-state index is 11.3. The molecule has 0 unspecified atom stereocenters. The number of pyridine rings is 1. The molecule has 0 saturated carbocycles. The molecule has 4 heteroatoms. The summed E-state index contributed by atoms with van der Waals surface area (Å²) in [6, 6.07) is 1.57. The van der Waals surface area contributed by atoms with E-state index in [1.165, 1.54) is 0 Å². The lowest BCUT2D eigenvalue weighted by atomic mass is 10.2. The second-order valence-electron chi connectivity index (χ2n) is 4.07. The summed E-state index contributed by atoms with van der Waals surface area (Å²) >= 11 is 0. The standard InChI is InChI=1S/C13H19NO3/c1-3-4-5-6-13(16)17-9-11-7-12(15)10(2)14-8-11/h7-8,15H,3-6,9H2,1-2H3. The van der Waals surface area contributed by atoms with Gasteiger partial charge in [-0.3, -0.25) is 9.78 Å². The Balaban J connectivity index is 2.34. The number of aromatic hydroxyl groups is 1. The van der Waals surface area contributed by atoms with Crippen LogP contribution in [0.4, 0.5) is 0 Å². The van der Waals surface area contributed by atoms with Gasteiger partial charge in [-0.1, -0.05) is 19.8 Å². The fourth-order valence-electron chi connectivity index (χ4n) is 1.40. The lowest BCUT2D eigenvalue weighted by Gasteiger charge is -2.05. The first-order chi connectivity index (χ1) is 8.13. The van der Waals surface area contributed by atoms with Gasteiger partial charge in [-0.2, -0.15) is 0 Å². The van der Waals surface area contributed by atoms with Crippen molar-refractivity contribution in [3.05, 3.63) is 23.5 Å². The van der Waals surface area contributed by atoms with Crippen LogP contribution < -0.4 is 0 Å². The minimum Gasteiger partial charge on any atom is -0.506 e. The summed E-state index contributed by atoms with van der Waals surface area (Å²) in [6.45, 7) is 3.98. The average molecular weight is 237 g/mol. The first-order valence-electron chi connectivity index (χ1n) is 5.93. The number of hydrogen-bond acceptors (Lipinski definition) is 4. The van der Waals surface area contributed by atoms with Crippen LogP contribution >= 0.6 is 0 Å². The largest absolute Gasteiger partial charge is 0.506 e. The predicted octanol–water partition coefficient (Wildman–Crippen LogP) is 2.72. The zero-order valence-electron chi connectivity index (χ0n) is 10.4. The van der Waals surface area contributed by atoms with Crippen molar-refractivity contribution in [3.63, 3.8) is 0 Å². The Labute approximate surface area is 102 Å². The van der Waals surface area contributed by atoms with Crippen molar-refractivity contribution in [2.75, 3.05) is 0 Å². The van der Waals surface area contributed by atoms with Gasteiger partial charge in [0.1, 0.15) is 12.4 Å². The smallest absolute Gasteiger partial charge is 0.306 e. The van der Waals surface area contributed by atoms with Crippen molar-refractivity contribution in [1.82, 2.24) is 4.98 Å². The topological polar surface area (TPSA) is 59.4 Å². The number of aromatic nitrogens is 1. The normalized spacial score (nSPS) is 10.2. The maximum atomic E-state index is 11.3. The lowest BCUT2D eigenvalue weighted by molar-refractivity contribution is -0.145. The summed E-state index contributed by atoms with van der Waals surface area (Å²) in [5, 5.41) is 9.44. The molecule has 17 heavy (non-hydrogen) atoms. The predicted molar refractivity (Wildman–Crippen MR) is 64.6 cm³/mol. The third-order valence-electron chi connectivity index (χ3n) is 2.50. The van der Waals surface area contributed by atoms with E-state index in [2.05, 4.69) is 11.9 Å². The number of hydrogen-bond donors (Lipinski definition) is 1. The van der Waals surface area contributed by atoms with E-state index < -0.39 is 0 Å². The molecule has 0 fully saturated rings. The molecule has 0 atom stereocenters. The molecular weight excluding hydrogens is 218 g/mol. The molecule has 0 spiro atoms. The van der Waals surface area contributed by atoms with Crippen molar-refractivity contribution < 1.29 is 14.6 Å². The van der Waals surface area contributed by atoms with Crippen LogP contribution in [0.1, 0.15) is 43.9 Å². The number of esters is 1. The van der Waals surface area contributed by atoms with Crippen molar-refractivity contribution in [2.45, 2.75) is 46.1 Å². The zero-order chi connectivity index (χ0) is 12.7. The van der Waals surface area contributed by atoms with E-state index >= 15 is 0 Å². The molecule has 0 aliphatic carbocycles. The molecular formula is C13H19NO3. The molecule has 1 N–H and O–H groups in total. The third-order valence-corrected chi connectivity index (χ3v) is 2.50. The Morgan fingerprint density at radius 1 is 1.47 bits per heavy atom.